The standard InChI is InChI=1S/C31H29F5/c1-2-3-4-5-20-6-8-21(9-7-20)10-11-23-17-27(32)26(28(33)18-23)15-13-22-12-14-25-24(16-22)19-29(34)31(36)30(25)35/h2-3,12,14,16-21H,4-11H2,1H3/b3-2+. The van der Waals surface area contributed by atoms with Gasteiger partial charge in [-0.1, -0.05) is 55.7 Å². The van der Waals surface area contributed by atoms with Gasteiger partial charge in [0, 0.05) is 10.9 Å². The van der Waals surface area contributed by atoms with Crippen molar-refractivity contribution >= 4 is 10.8 Å². The molecule has 0 aromatic heterocycles. The van der Waals surface area contributed by atoms with Gasteiger partial charge in [-0.3, -0.25) is 0 Å². The van der Waals surface area contributed by atoms with Crippen LogP contribution in [0.4, 0.5) is 22.0 Å². The molecule has 0 amide bonds. The Bertz CT molecular complexity index is 1300. The van der Waals surface area contributed by atoms with E-state index >= 15 is 0 Å². The summed E-state index contributed by atoms with van der Waals surface area (Å²) < 4.78 is 70.2. The zero-order valence-corrected chi connectivity index (χ0v) is 20.3. The number of allylic oxidation sites excluding steroid dienone is 2. The monoisotopic (exact) mass is 496 g/mol. The van der Waals surface area contributed by atoms with Gasteiger partial charge in [-0.05, 0) is 85.7 Å². The summed E-state index contributed by atoms with van der Waals surface area (Å²) in [6, 6.07) is 7.56. The van der Waals surface area contributed by atoms with Gasteiger partial charge in [-0.2, -0.15) is 0 Å². The molecule has 0 saturated heterocycles. The van der Waals surface area contributed by atoms with Crippen LogP contribution in [0, 0.1) is 52.8 Å². The SMILES string of the molecule is C/C=C/CCC1CCC(CCc2cc(F)c(C#Cc3ccc4c(F)c(F)c(F)cc4c3)c(F)c2)CC1. The van der Waals surface area contributed by atoms with Crippen LogP contribution in [-0.2, 0) is 6.42 Å². The van der Waals surface area contributed by atoms with Crippen molar-refractivity contribution in [2.24, 2.45) is 11.8 Å². The third-order valence-corrected chi connectivity index (χ3v) is 7.19. The van der Waals surface area contributed by atoms with Gasteiger partial charge in [0.1, 0.15) is 11.6 Å². The quantitative estimate of drug-likeness (QED) is 0.138. The van der Waals surface area contributed by atoms with Gasteiger partial charge in [0.05, 0.1) is 5.56 Å². The lowest BCUT2D eigenvalue weighted by molar-refractivity contribution is 0.254. The van der Waals surface area contributed by atoms with Crippen molar-refractivity contribution in [2.45, 2.75) is 58.3 Å². The molecular formula is C31H29F5. The summed E-state index contributed by atoms with van der Waals surface area (Å²) in [5.74, 6) is 0.909. The van der Waals surface area contributed by atoms with E-state index in [9.17, 15) is 22.0 Å². The fourth-order valence-electron chi connectivity index (χ4n) is 5.09. The Morgan fingerprint density at radius 1 is 0.778 bits per heavy atom. The lowest BCUT2D eigenvalue weighted by Gasteiger charge is -2.28. The van der Waals surface area contributed by atoms with E-state index in [1.165, 1.54) is 62.4 Å². The van der Waals surface area contributed by atoms with Crippen molar-refractivity contribution in [1.82, 2.24) is 0 Å². The number of halogens is 5. The smallest absolute Gasteiger partial charge is 0.195 e. The van der Waals surface area contributed by atoms with Crippen LogP contribution in [0.5, 0.6) is 0 Å². The molecule has 0 N–H and O–H groups in total. The highest BCUT2D eigenvalue weighted by atomic mass is 19.2. The Morgan fingerprint density at radius 2 is 1.44 bits per heavy atom. The number of hydrogen-bond donors (Lipinski definition) is 0. The summed E-state index contributed by atoms with van der Waals surface area (Å²) in [5, 5.41) is 0.0182. The molecule has 1 fully saturated rings. The molecule has 0 bridgehead atoms. The molecule has 1 aliphatic carbocycles. The first-order valence-corrected chi connectivity index (χ1v) is 12.5. The van der Waals surface area contributed by atoms with E-state index in [0.29, 0.717) is 23.5 Å². The zero-order chi connectivity index (χ0) is 25.7. The number of hydrogen-bond acceptors (Lipinski definition) is 0. The summed E-state index contributed by atoms with van der Waals surface area (Å²) in [5.41, 5.74) is 0.568. The van der Waals surface area contributed by atoms with E-state index in [4.69, 9.17) is 0 Å². The second kappa shape index (κ2) is 11.7. The molecule has 0 spiro atoms. The molecule has 3 aromatic rings. The third-order valence-electron chi connectivity index (χ3n) is 7.19. The van der Waals surface area contributed by atoms with Crippen molar-refractivity contribution in [3.63, 3.8) is 0 Å². The van der Waals surface area contributed by atoms with Crippen molar-refractivity contribution < 1.29 is 22.0 Å². The van der Waals surface area contributed by atoms with Crippen LogP contribution < -0.4 is 0 Å². The molecule has 5 heteroatoms. The van der Waals surface area contributed by atoms with Gasteiger partial charge in [0.25, 0.3) is 0 Å². The zero-order valence-electron chi connectivity index (χ0n) is 20.3. The molecule has 36 heavy (non-hydrogen) atoms. The van der Waals surface area contributed by atoms with E-state index in [1.807, 2.05) is 6.92 Å². The molecule has 1 aliphatic rings. The average molecular weight is 497 g/mol. The summed E-state index contributed by atoms with van der Waals surface area (Å²) in [6.45, 7) is 2.04. The Morgan fingerprint density at radius 3 is 2.11 bits per heavy atom. The van der Waals surface area contributed by atoms with E-state index in [-0.39, 0.29) is 16.3 Å². The maximum atomic E-state index is 14.7. The first-order valence-electron chi connectivity index (χ1n) is 12.5. The van der Waals surface area contributed by atoms with Gasteiger partial charge >= 0.3 is 0 Å². The topological polar surface area (TPSA) is 0 Å². The Hall–Kier alpha value is -3.13. The summed E-state index contributed by atoms with van der Waals surface area (Å²) in [7, 11) is 0. The second-order valence-electron chi connectivity index (χ2n) is 9.68. The van der Waals surface area contributed by atoms with E-state index in [0.717, 1.165) is 24.8 Å². The van der Waals surface area contributed by atoms with E-state index in [2.05, 4.69) is 24.0 Å². The van der Waals surface area contributed by atoms with Crippen molar-refractivity contribution in [1.29, 1.82) is 0 Å². The lowest BCUT2D eigenvalue weighted by atomic mass is 9.78. The van der Waals surface area contributed by atoms with Crippen molar-refractivity contribution in [3.8, 4) is 11.8 Å². The van der Waals surface area contributed by atoms with Crippen LogP contribution in [0.15, 0.2) is 48.6 Å². The summed E-state index contributed by atoms with van der Waals surface area (Å²) >= 11 is 0. The highest BCUT2D eigenvalue weighted by Gasteiger charge is 2.21. The minimum Gasteiger partial charge on any atom is -0.206 e. The van der Waals surface area contributed by atoms with Crippen LogP contribution in [0.2, 0.25) is 0 Å². The van der Waals surface area contributed by atoms with E-state index in [1.54, 1.807) is 0 Å². The Kier molecular flexibility index (Phi) is 8.46. The molecule has 0 heterocycles. The van der Waals surface area contributed by atoms with Gasteiger partial charge in [0.2, 0.25) is 0 Å². The lowest BCUT2D eigenvalue weighted by Crippen LogP contribution is -2.15. The molecule has 1 saturated carbocycles. The van der Waals surface area contributed by atoms with Crippen LogP contribution >= 0.6 is 0 Å². The molecule has 0 aliphatic heterocycles. The number of rotatable bonds is 6. The largest absolute Gasteiger partial charge is 0.206 e. The van der Waals surface area contributed by atoms with Gasteiger partial charge in [-0.25, -0.2) is 22.0 Å². The van der Waals surface area contributed by atoms with Gasteiger partial charge in [-0.15, -0.1) is 0 Å². The molecule has 0 radical (unpaired) electrons. The van der Waals surface area contributed by atoms with Crippen molar-refractivity contribution in [2.75, 3.05) is 0 Å². The number of aryl methyl sites for hydroxylation is 1. The van der Waals surface area contributed by atoms with E-state index < -0.39 is 29.1 Å². The number of benzene rings is 3. The molecule has 3 aromatic carbocycles. The average Bonchev–Trinajstić information content (AvgIpc) is 2.86. The highest BCUT2D eigenvalue weighted by Crippen LogP contribution is 2.34. The minimum atomic E-state index is -1.54. The first kappa shape index (κ1) is 25.9. The highest BCUT2D eigenvalue weighted by molar-refractivity contribution is 5.84. The van der Waals surface area contributed by atoms with Crippen LogP contribution in [0.1, 0.15) is 68.6 Å². The number of fused-ring (bicyclic) bond motifs is 1. The van der Waals surface area contributed by atoms with Crippen LogP contribution in [0.3, 0.4) is 0 Å². The molecule has 0 atom stereocenters. The summed E-state index contributed by atoms with van der Waals surface area (Å²) in [4.78, 5) is 0. The minimum absolute atomic E-state index is 0.0942. The fraction of sp³-hybridized carbons (Fsp3) is 0.355. The van der Waals surface area contributed by atoms with Crippen LogP contribution in [-0.4, -0.2) is 0 Å². The molecular weight excluding hydrogens is 467 g/mol. The molecule has 0 nitrogen and oxygen atoms in total. The first-order chi connectivity index (χ1) is 17.4. The molecule has 4 rings (SSSR count). The van der Waals surface area contributed by atoms with Crippen molar-refractivity contribution in [3.05, 3.63) is 94.3 Å². The third kappa shape index (κ3) is 6.16. The fourth-order valence-corrected chi connectivity index (χ4v) is 5.09. The molecule has 0 unspecified atom stereocenters. The molecule has 188 valence electrons. The van der Waals surface area contributed by atoms with Gasteiger partial charge in [0.15, 0.2) is 17.5 Å². The Labute approximate surface area is 209 Å². The Balaban J connectivity index is 1.40. The predicted octanol–water partition coefficient (Wildman–Crippen LogP) is 9.03. The maximum Gasteiger partial charge on any atom is 0.195 e. The van der Waals surface area contributed by atoms with Gasteiger partial charge < -0.3 is 0 Å². The second-order valence-corrected chi connectivity index (χ2v) is 9.68. The summed E-state index contributed by atoms with van der Waals surface area (Å²) in [6.07, 6.45) is 13.0. The maximum absolute atomic E-state index is 14.7. The normalized spacial score (nSPS) is 17.9. The van der Waals surface area contributed by atoms with Crippen LogP contribution in [0.25, 0.3) is 10.8 Å². The predicted molar refractivity (Wildman–Crippen MR) is 134 cm³/mol.